The highest BCUT2D eigenvalue weighted by molar-refractivity contribution is 4.65. The zero-order chi connectivity index (χ0) is 21.9. The van der Waals surface area contributed by atoms with Crippen molar-refractivity contribution in [3.63, 3.8) is 0 Å². The minimum atomic E-state index is 0.00909. The van der Waals surface area contributed by atoms with Crippen LogP contribution in [-0.2, 0) is 9.47 Å². The molecule has 1 N–H and O–H groups in total. The van der Waals surface area contributed by atoms with E-state index in [-0.39, 0.29) is 19.0 Å². The molecule has 0 aliphatic carbocycles. The molecule has 1 aliphatic rings. The number of likely N-dealkylation sites (N-methyl/N-ethyl adjacent to an activating group) is 1. The van der Waals surface area contributed by atoms with Crippen LogP contribution in [-0.4, -0.2) is 62.4 Å². The van der Waals surface area contributed by atoms with Crippen molar-refractivity contribution < 1.29 is 19.1 Å². The summed E-state index contributed by atoms with van der Waals surface area (Å²) in [5.74, 6) is 0. The lowest BCUT2D eigenvalue weighted by molar-refractivity contribution is -0.893. The van der Waals surface area contributed by atoms with Gasteiger partial charge >= 0.3 is 0 Å². The minimum absolute atomic E-state index is 0.00909. The Labute approximate surface area is 188 Å². The van der Waals surface area contributed by atoms with E-state index < -0.39 is 0 Å². The zero-order valence-electron chi connectivity index (χ0n) is 20.7. The number of quaternary nitrogens is 1. The van der Waals surface area contributed by atoms with Crippen molar-refractivity contribution in [1.82, 2.24) is 0 Å². The standard InChI is InChI=1S/C26H54NO3/c1-4-5-6-7-8-9-10-11-12-13-14-15-16-17-18-20-26-29-24-25(30-26)23-27(2,3)21-19-22-28/h25-26,28H,4-24H2,1-3H3/q+1/t25-,26+/m0/s1. The summed E-state index contributed by atoms with van der Waals surface area (Å²) in [6, 6.07) is 0. The van der Waals surface area contributed by atoms with Crippen molar-refractivity contribution >= 4 is 0 Å². The fourth-order valence-electron chi connectivity index (χ4n) is 4.58. The van der Waals surface area contributed by atoms with Gasteiger partial charge in [-0.15, -0.1) is 0 Å². The van der Waals surface area contributed by atoms with Crippen LogP contribution in [0.3, 0.4) is 0 Å². The second-order valence-electron chi connectivity index (χ2n) is 10.2. The SMILES string of the molecule is CCCCCCCCCCCCCCCCC[C@@H]1OC[C@H](C[N+](C)(C)CCCO)O1. The van der Waals surface area contributed by atoms with Crippen molar-refractivity contribution in [1.29, 1.82) is 0 Å². The van der Waals surface area contributed by atoms with Crippen molar-refractivity contribution in [2.24, 2.45) is 0 Å². The van der Waals surface area contributed by atoms with Crippen LogP contribution < -0.4 is 0 Å². The Morgan fingerprint density at radius 2 is 1.23 bits per heavy atom. The summed E-state index contributed by atoms with van der Waals surface area (Å²) in [7, 11) is 4.42. The Kier molecular flexibility index (Phi) is 17.1. The van der Waals surface area contributed by atoms with Crippen LogP contribution in [0.5, 0.6) is 0 Å². The van der Waals surface area contributed by atoms with Gasteiger partial charge in [-0.2, -0.15) is 0 Å². The van der Waals surface area contributed by atoms with Crippen LogP contribution in [0, 0.1) is 0 Å². The van der Waals surface area contributed by atoms with E-state index in [4.69, 9.17) is 14.6 Å². The number of aliphatic hydroxyl groups excluding tert-OH is 1. The Hall–Kier alpha value is -0.160. The van der Waals surface area contributed by atoms with Gasteiger partial charge in [0.25, 0.3) is 0 Å². The molecule has 0 aromatic carbocycles. The quantitative estimate of drug-likeness (QED) is 0.169. The van der Waals surface area contributed by atoms with Crippen LogP contribution in [0.1, 0.15) is 116 Å². The Morgan fingerprint density at radius 3 is 1.73 bits per heavy atom. The van der Waals surface area contributed by atoms with Gasteiger partial charge in [0.15, 0.2) is 6.29 Å². The smallest absolute Gasteiger partial charge is 0.158 e. The number of hydrogen-bond donors (Lipinski definition) is 1. The van der Waals surface area contributed by atoms with Gasteiger partial charge in [0.2, 0.25) is 0 Å². The van der Waals surface area contributed by atoms with Gasteiger partial charge in [-0.25, -0.2) is 0 Å². The molecule has 180 valence electrons. The topological polar surface area (TPSA) is 38.7 Å². The molecule has 0 amide bonds. The van der Waals surface area contributed by atoms with E-state index in [2.05, 4.69) is 21.0 Å². The first-order valence-corrected chi connectivity index (χ1v) is 13.3. The third-order valence-electron chi connectivity index (χ3n) is 6.48. The number of rotatable bonds is 21. The molecule has 1 fully saturated rings. The lowest BCUT2D eigenvalue weighted by atomic mass is 10.0. The Morgan fingerprint density at radius 1 is 0.733 bits per heavy atom. The summed E-state index contributed by atoms with van der Waals surface area (Å²) in [4.78, 5) is 0. The third-order valence-corrected chi connectivity index (χ3v) is 6.48. The molecule has 0 aromatic heterocycles. The first-order chi connectivity index (χ1) is 14.6. The molecular weight excluding hydrogens is 374 g/mol. The normalized spacial score (nSPS) is 19.6. The Bertz CT molecular complexity index is 375. The predicted molar refractivity (Wildman–Crippen MR) is 128 cm³/mol. The number of ether oxygens (including phenoxy) is 2. The first-order valence-electron chi connectivity index (χ1n) is 13.3. The second-order valence-corrected chi connectivity index (χ2v) is 10.2. The van der Waals surface area contributed by atoms with Crippen molar-refractivity contribution in [2.45, 2.75) is 128 Å². The van der Waals surface area contributed by atoms with Gasteiger partial charge in [-0.05, 0) is 12.8 Å². The molecule has 0 aromatic rings. The fraction of sp³-hybridized carbons (Fsp3) is 1.00. The highest BCUT2D eigenvalue weighted by Crippen LogP contribution is 2.20. The van der Waals surface area contributed by atoms with E-state index in [1.807, 2.05) is 0 Å². The largest absolute Gasteiger partial charge is 0.396 e. The predicted octanol–water partition coefficient (Wildman–Crippen LogP) is 6.45. The van der Waals surface area contributed by atoms with E-state index in [0.29, 0.717) is 0 Å². The molecule has 2 atom stereocenters. The van der Waals surface area contributed by atoms with Crippen LogP contribution >= 0.6 is 0 Å². The molecule has 30 heavy (non-hydrogen) atoms. The van der Waals surface area contributed by atoms with Crippen molar-refractivity contribution in [3.8, 4) is 0 Å². The summed E-state index contributed by atoms with van der Waals surface area (Å²) in [6.07, 6.45) is 23.1. The zero-order valence-corrected chi connectivity index (χ0v) is 20.7. The maximum Gasteiger partial charge on any atom is 0.158 e. The molecule has 0 unspecified atom stereocenters. The molecular formula is C26H54NO3+. The lowest BCUT2D eigenvalue weighted by Crippen LogP contribution is -2.47. The van der Waals surface area contributed by atoms with E-state index in [1.165, 1.54) is 96.3 Å². The summed E-state index contributed by atoms with van der Waals surface area (Å²) in [5, 5.41) is 9.03. The van der Waals surface area contributed by atoms with Gasteiger partial charge in [0.05, 0.1) is 27.2 Å². The summed E-state index contributed by atoms with van der Waals surface area (Å²) < 4.78 is 12.8. The first kappa shape index (κ1) is 27.9. The van der Waals surface area contributed by atoms with E-state index in [9.17, 15) is 0 Å². The molecule has 1 rings (SSSR count). The average Bonchev–Trinajstić information content (AvgIpc) is 3.15. The molecule has 0 spiro atoms. The monoisotopic (exact) mass is 428 g/mol. The van der Waals surface area contributed by atoms with Crippen molar-refractivity contribution in [3.05, 3.63) is 0 Å². The van der Waals surface area contributed by atoms with Crippen LogP contribution in [0.25, 0.3) is 0 Å². The molecule has 1 aliphatic heterocycles. The molecule has 0 bridgehead atoms. The maximum absolute atomic E-state index is 9.03. The Balaban J connectivity index is 1.84. The second kappa shape index (κ2) is 18.4. The maximum atomic E-state index is 9.03. The number of hydrogen-bond acceptors (Lipinski definition) is 3. The molecule has 0 saturated carbocycles. The lowest BCUT2D eigenvalue weighted by Gasteiger charge is -2.31. The molecule has 0 radical (unpaired) electrons. The van der Waals surface area contributed by atoms with Gasteiger partial charge in [-0.1, -0.05) is 96.8 Å². The van der Waals surface area contributed by atoms with Crippen LogP contribution in [0.4, 0.5) is 0 Å². The summed E-state index contributed by atoms with van der Waals surface area (Å²) in [6.45, 7) is 5.24. The van der Waals surface area contributed by atoms with Gasteiger partial charge in [0, 0.05) is 13.0 Å². The molecule has 1 saturated heterocycles. The van der Waals surface area contributed by atoms with E-state index >= 15 is 0 Å². The highest BCUT2D eigenvalue weighted by atomic mass is 16.7. The average molecular weight is 429 g/mol. The van der Waals surface area contributed by atoms with Gasteiger partial charge in [-0.3, -0.25) is 0 Å². The molecule has 4 nitrogen and oxygen atoms in total. The van der Waals surface area contributed by atoms with E-state index in [0.717, 1.165) is 37.0 Å². The number of unbranched alkanes of at least 4 members (excludes halogenated alkanes) is 14. The third kappa shape index (κ3) is 15.6. The van der Waals surface area contributed by atoms with Crippen LogP contribution in [0.2, 0.25) is 0 Å². The molecule has 4 heteroatoms. The number of aliphatic hydroxyl groups is 1. The van der Waals surface area contributed by atoms with Crippen LogP contribution in [0.15, 0.2) is 0 Å². The van der Waals surface area contributed by atoms with E-state index in [1.54, 1.807) is 0 Å². The van der Waals surface area contributed by atoms with Crippen molar-refractivity contribution in [2.75, 3.05) is 40.4 Å². The number of nitrogens with zero attached hydrogens (tertiary/aromatic N) is 1. The fourth-order valence-corrected chi connectivity index (χ4v) is 4.58. The molecule has 1 heterocycles. The van der Waals surface area contributed by atoms with Gasteiger partial charge in [0.1, 0.15) is 12.6 Å². The van der Waals surface area contributed by atoms with Gasteiger partial charge < -0.3 is 19.1 Å². The summed E-state index contributed by atoms with van der Waals surface area (Å²) in [5.41, 5.74) is 0. The minimum Gasteiger partial charge on any atom is -0.396 e. The summed E-state index contributed by atoms with van der Waals surface area (Å²) >= 11 is 0. The highest BCUT2D eigenvalue weighted by Gasteiger charge is 2.31.